The van der Waals surface area contributed by atoms with Gasteiger partial charge in [-0.2, -0.15) is 0 Å². The summed E-state index contributed by atoms with van der Waals surface area (Å²) in [6.45, 7) is 1.84. The van der Waals surface area contributed by atoms with Crippen molar-refractivity contribution in [2.24, 2.45) is 0 Å². The van der Waals surface area contributed by atoms with Gasteiger partial charge in [0, 0.05) is 36.2 Å². The van der Waals surface area contributed by atoms with Gasteiger partial charge in [0.1, 0.15) is 0 Å². The molecule has 1 heterocycles. The topological polar surface area (TPSA) is 31.1 Å². The molecule has 0 spiro atoms. The number of rotatable bonds is 6. The van der Waals surface area contributed by atoms with Gasteiger partial charge in [-0.3, -0.25) is 0 Å². The zero-order valence-corrected chi connectivity index (χ0v) is 13.2. The van der Waals surface area contributed by atoms with Crippen LogP contribution in [0.1, 0.15) is 17.2 Å². The number of nitrogens with zero attached hydrogens (tertiary/aromatic N) is 1. The highest BCUT2D eigenvalue weighted by Crippen LogP contribution is 2.19. The fourth-order valence-corrected chi connectivity index (χ4v) is 2.88. The number of aromatic amines is 1. The highest BCUT2D eigenvalue weighted by atomic mass is 15.1. The highest BCUT2D eigenvalue weighted by molar-refractivity contribution is 5.82. The van der Waals surface area contributed by atoms with Crippen LogP contribution in [0.15, 0.2) is 60.8 Å². The third-order valence-electron chi connectivity index (χ3n) is 3.97. The van der Waals surface area contributed by atoms with Crippen molar-refractivity contribution in [3.05, 3.63) is 71.9 Å². The van der Waals surface area contributed by atoms with E-state index in [1.165, 1.54) is 22.0 Å². The van der Waals surface area contributed by atoms with Gasteiger partial charge in [0.05, 0.1) is 0 Å². The van der Waals surface area contributed by atoms with Crippen LogP contribution < -0.4 is 5.32 Å². The molecule has 3 heteroatoms. The third kappa shape index (κ3) is 3.38. The minimum atomic E-state index is 0.324. The molecular weight excluding hydrogens is 270 g/mol. The van der Waals surface area contributed by atoms with E-state index in [0.717, 1.165) is 13.1 Å². The number of hydrogen-bond donors (Lipinski definition) is 2. The average Bonchev–Trinajstić information content (AvgIpc) is 3.01. The second-order valence-corrected chi connectivity index (χ2v) is 5.96. The minimum Gasteiger partial charge on any atom is -0.361 e. The van der Waals surface area contributed by atoms with E-state index in [0.29, 0.717) is 6.04 Å². The van der Waals surface area contributed by atoms with Crippen molar-refractivity contribution in [1.29, 1.82) is 0 Å². The van der Waals surface area contributed by atoms with Crippen molar-refractivity contribution in [2.45, 2.75) is 12.6 Å². The molecule has 0 saturated heterocycles. The summed E-state index contributed by atoms with van der Waals surface area (Å²) in [6, 6.07) is 19.6. The molecule has 0 amide bonds. The van der Waals surface area contributed by atoms with Crippen molar-refractivity contribution in [3.63, 3.8) is 0 Å². The molecule has 0 aliphatic rings. The molecule has 2 N–H and O–H groups in total. The van der Waals surface area contributed by atoms with Gasteiger partial charge in [0.15, 0.2) is 0 Å². The molecule has 3 rings (SSSR count). The first-order valence-electron chi connectivity index (χ1n) is 7.72. The Morgan fingerprint density at radius 2 is 1.82 bits per heavy atom. The summed E-state index contributed by atoms with van der Waals surface area (Å²) < 4.78 is 0. The molecule has 0 bridgehead atoms. The van der Waals surface area contributed by atoms with Crippen LogP contribution in [-0.4, -0.2) is 30.5 Å². The number of likely N-dealkylation sites (N-methyl/N-ethyl adjacent to an activating group) is 1. The largest absolute Gasteiger partial charge is 0.361 e. The van der Waals surface area contributed by atoms with Gasteiger partial charge in [0.2, 0.25) is 0 Å². The lowest BCUT2D eigenvalue weighted by atomic mass is 10.1. The second kappa shape index (κ2) is 6.77. The van der Waals surface area contributed by atoms with E-state index in [9.17, 15) is 0 Å². The van der Waals surface area contributed by atoms with Gasteiger partial charge >= 0.3 is 0 Å². The maximum atomic E-state index is 3.71. The fraction of sp³-hybridized carbons (Fsp3) is 0.263. The van der Waals surface area contributed by atoms with Crippen molar-refractivity contribution in [3.8, 4) is 0 Å². The first-order valence-corrected chi connectivity index (χ1v) is 7.72. The number of aromatic nitrogens is 1. The molecule has 22 heavy (non-hydrogen) atoms. The Balaban J connectivity index is 1.78. The molecule has 1 atom stereocenters. The molecule has 0 saturated carbocycles. The molecule has 3 aromatic rings. The van der Waals surface area contributed by atoms with Crippen molar-refractivity contribution in [1.82, 2.24) is 15.2 Å². The minimum absolute atomic E-state index is 0.324. The average molecular weight is 293 g/mol. The number of benzene rings is 2. The van der Waals surface area contributed by atoms with Crippen LogP contribution in [0.4, 0.5) is 0 Å². The van der Waals surface area contributed by atoms with Crippen molar-refractivity contribution >= 4 is 10.9 Å². The lowest BCUT2D eigenvalue weighted by Crippen LogP contribution is -2.30. The number of H-pyrrole nitrogens is 1. The number of hydrogen-bond acceptors (Lipinski definition) is 2. The van der Waals surface area contributed by atoms with E-state index in [-0.39, 0.29) is 0 Å². The Morgan fingerprint density at radius 1 is 1.00 bits per heavy atom. The molecule has 0 fully saturated rings. The molecule has 0 aliphatic heterocycles. The summed E-state index contributed by atoms with van der Waals surface area (Å²) in [5.41, 5.74) is 3.86. The first-order chi connectivity index (χ1) is 10.7. The van der Waals surface area contributed by atoms with Crippen LogP contribution in [-0.2, 0) is 6.54 Å². The Labute approximate surface area is 132 Å². The standard InChI is InChI=1S/C19H23N3/c1-22(2)14-19(15-7-4-3-5-8-15)21-13-16-9-6-10-18-17(16)11-12-20-18/h3-12,19-21H,13-14H2,1-2H3. The lowest BCUT2D eigenvalue weighted by molar-refractivity contribution is 0.341. The van der Waals surface area contributed by atoms with E-state index in [4.69, 9.17) is 0 Å². The Morgan fingerprint density at radius 3 is 2.59 bits per heavy atom. The monoisotopic (exact) mass is 293 g/mol. The SMILES string of the molecule is CN(C)CC(NCc1cccc2[nH]ccc12)c1ccccc1. The molecule has 0 radical (unpaired) electrons. The predicted octanol–water partition coefficient (Wildman–Crippen LogP) is 3.56. The summed E-state index contributed by atoms with van der Waals surface area (Å²) >= 11 is 0. The van der Waals surface area contributed by atoms with Gasteiger partial charge < -0.3 is 15.2 Å². The molecule has 2 aromatic carbocycles. The zero-order valence-electron chi connectivity index (χ0n) is 13.2. The smallest absolute Gasteiger partial charge is 0.0457 e. The normalized spacial score (nSPS) is 12.9. The van der Waals surface area contributed by atoms with E-state index in [2.05, 4.69) is 83.9 Å². The summed E-state index contributed by atoms with van der Waals surface area (Å²) in [5.74, 6) is 0. The summed E-state index contributed by atoms with van der Waals surface area (Å²) in [7, 11) is 4.23. The van der Waals surface area contributed by atoms with Crippen molar-refractivity contribution < 1.29 is 0 Å². The van der Waals surface area contributed by atoms with Gasteiger partial charge in [-0.05, 0) is 37.4 Å². The lowest BCUT2D eigenvalue weighted by Gasteiger charge is -2.23. The van der Waals surface area contributed by atoms with Gasteiger partial charge in [-0.15, -0.1) is 0 Å². The maximum Gasteiger partial charge on any atom is 0.0457 e. The maximum absolute atomic E-state index is 3.71. The molecule has 0 aliphatic carbocycles. The molecule has 3 nitrogen and oxygen atoms in total. The van der Waals surface area contributed by atoms with E-state index < -0.39 is 0 Å². The van der Waals surface area contributed by atoms with Crippen LogP contribution in [0, 0.1) is 0 Å². The fourth-order valence-electron chi connectivity index (χ4n) is 2.88. The highest BCUT2D eigenvalue weighted by Gasteiger charge is 2.12. The van der Waals surface area contributed by atoms with Crippen LogP contribution >= 0.6 is 0 Å². The number of nitrogens with one attached hydrogen (secondary N) is 2. The van der Waals surface area contributed by atoms with Crippen LogP contribution in [0.25, 0.3) is 10.9 Å². The molecule has 1 aromatic heterocycles. The van der Waals surface area contributed by atoms with Crippen LogP contribution in [0.3, 0.4) is 0 Å². The summed E-state index contributed by atoms with van der Waals surface area (Å²) in [4.78, 5) is 5.50. The van der Waals surface area contributed by atoms with Gasteiger partial charge in [-0.25, -0.2) is 0 Å². The second-order valence-electron chi connectivity index (χ2n) is 5.96. The first kappa shape index (κ1) is 14.8. The van der Waals surface area contributed by atoms with Crippen molar-refractivity contribution in [2.75, 3.05) is 20.6 Å². The Kier molecular flexibility index (Phi) is 4.56. The summed E-state index contributed by atoms with van der Waals surface area (Å²) in [6.07, 6.45) is 2.00. The Bertz CT molecular complexity index is 716. The van der Waals surface area contributed by atoms with E-state index in [1.54, 1.807) is 0 Å². The summed E-state index contributed by atoms with van der Waals surface area (Å²) in [5, 5.41) is 5.01. The van der Waals surface area contributed by atoms with E-state index >= 15 is 0 Å². The third-order valence-corrected chi connectivity index (χ3v) is 3.97. The van der Waals surface area contributed by atoms with Gasteiger partial charge in [-0.1, -0.05) is 42.5 Å². The predicted molar refractivity (Wildman–Crippen MR) is 92.9 cm³/mol. The number of fused-ring (bicyclic) bond motifs is 1. The Hall–Kier alpha value is -2.10. The van der Waals surface area contributed by atoms with E-state index in [1.807, 2.05) is 6.20 Å². The van der Waals surface area contributed by atoms with Gasteiger partial charge in [0.25, 0.3) is 0 Å². The zero-order chi connectivity index (χ0) is 15.4. The molecular formula is C19H23N3. The molecule has 114 valence electrons. The quantitative estimate of drug-likeness (QED) is 0.728. The van der Waals surface area contributed by atoms with Crippen LogP contribution in [0.2, 0.25) is 0 Å². The molecule has 1 unspecified atom stereocenters. The van der Waals surface area contributed by atoms with Crippen LogP contribution in [0.5, 0.6) is 0 Å².